The molecule has 0 spiro atoms. The minimum Gasteiger partial charge on any atom is -0.355 e. The van der Waals surface area contributed by atoms with Crippen LogP contribution in [0.5, 0.6) is 0 Å². The van der Waals surface area contributed by atoms with Gasteiger partial charge in [0, 0.05) is 12.7 Å². The topological polar surface area (TPSA) is 42.0 Å². The van der Waals surface area contributed by atoms with Gasteiger partial charge < -0.3 is 5.32 Å². The third kappa shape index (κ3) is 5.22. The molecule has 4 heteroatoms. The van der Waals surface area contributed by atoms with Gasteiger partial charge in [-0.3, -0.25) is 4.79 Å². The van der Waals surface area contributed by atoms with E-state index < -0.39 is 0 Å². The van der Waals surface area contributed by atoms with E-state index in [4.69, 9.17) is 0 Å². The molecule has 1 aromatic heterocycles. The van der Waals surface area contributed by atoms with Crippen molar-refractivity contribution in [3.8, 4) is 0 Å². The van der Waals surface area contributed by atoms with E-state index >= 15 is 0 Å². The molecule has 1 amide bonds. The van der Waals surface area contributed by atoms with Crippen LogP contribution in [-0.4, -0.2) is 22.7 Å². The van der Waals surface area contributed by atoms with Gasteiger partial charge in [0.2, 0.25) is 5.91 Å². The molecule has 0 aliphatic rings. The minimum absolute atomic E-state index is 0.0751. The van der Waals surface area contributed by atoms with Crippen LogP contribution >= 0.6 is 11.8 Å². The van der Waals surface area contributed by atoms with Crippen LogP contribution in [0.3, 0.4) is 0 Å². The zero-order chi connectivity index (χ0) is 12.8. The molecular weight excluding hydrogens is 232 g/mol. The molecule has 1 heterocycles. The van der Waals surface area contributed by atoms with Crippen molar-refractivity contribution in [2.24, 2.45) is 5.92 Å². The van der Waals surface area contributed by atoms with Gasteiger partial charge in [-0.25, -0.2) is 4.98 Å². The second kappa shape index (κ2) is 6.64. The average Bonchev–Trinajstić information content (AvgIpc) is 2.28. The summed E-state index contributed by atoms with van der Waals surface area (Å²) in [6, 6.07) is 3.96. The summed E-state index contributed by atoms with van der Waals surface area (Å²) in [5.41, 5.74) is 1.13. The highest BCUT2D eigenvalue weighted by atomic mass is 32.2. The van der Waals surface area contributed by atoms with Crippen molar-refractivity contribution in [2.75, 3.05) is 6.54 Å². The van der Waals surface area contributed by atoms with Crippen molar-refractivity contribution in [1.82, 2.24) is 10.3 Å². The highest BCUT2D eigenvalue weighted by molar-refractivity contribution is 8.00. The van der Waals surface area contributed by atoms with E-state index in [0.717, 1.165) is 17.1 Å². The molecule has 1 N–H and O–H groups in total. The van der Waals surface area contributed by atoms with Crippen molar-refractivity contribution in [3.05, 3.63) is 23.9 Å². The van der Waals surface area contributed by atoms with Crippen LogP contribution in [0.15, 0.2) is 23.4 Å². The van der Waals surface area contributed by atoms with Crippen LogP contribution < -0.4 is 5.32 Å². The summed E-state index contributed by atoms with van der Waals surface area (Å²) in [7, 11) is 0. The number of hydrogen-bond donors (Lipinski definition) is 1. The number of rotatable bonds is 5. The number of thioether (sulfide) groups is 1. The summed E-state index contributed by atoms with van der Waals surface area (Å²) in [4.78, 5) is 16.0. The third-order valence-electron chi connectivity index (χ3n) is 2.24. The fourth-order valence-corrected chi connectivity index (χ4v) is 2.02. The van der Waals surface area contributed by atoms with E-state index in [0.29, 0.717) is 5.92 Å². The lowest BCUT2D eigenvalue weighted by Gasteiger charge is -2.12. The van der Waals surface area contributed by atoms with Crippen molar-refractivity contribution in [3.63, 3.8) is 0 Å². The van der Waals surface area contributed by atoms with Crippen molar-refractivity contribution >= 4 is 17.7 Å². The SMILES string of the molecule is Cc1ccc(SC(C)C(=O)NCC(C)C)nc1. The largest absolute Gasteiger partial charge is 0.355 e. The van der Waals surface area contributed by atoms with Crippen LogP contribution in [0.1, 0.15) is 26.3 Å². The first-order valence-corrected chi connectivity index (χ1v) is 6.74. The monoisotopic (exact) mass is 252 g/mol. The van der Waals surface area contributed by atoms with E-state index in [1.165, 1.54) is 11.8 Å². The molecule has 0 saturated heterocycles. The van der Waals surface area contributed by atoms with Crippen LogP contribution in [-0.2, 0) is 4.79 Å². The molecule has 0 fully saturated rings. The zero-order valence-corrected chi connectivity index (χ0v) is 11.7. The molecule has 0 aromatic carbocycles. The number of nitrogens with zero attached hydrogens (tertiary/aromatic N) is 1. The molecule has 1 aromatic rings. The van der Waals surface area contributed by atoms with Gasteiger partial charge in [0.25, 0.3) is 0 Å². The smallest absolute Gasteiger partial charge is 0.233 e. The third-order valence-corrected chi connectivity index (χ3v) is 3.29. The number of carbonyl (C=O) groups is 1. The summed E-state index contributed by atoms with van der Waals surface area (Å²) in [5, 5.41) is 3.71. The van der Waals surface area contributed by atoms with Gasteiger partial charge >= 0.3 is 0 Å². The lowest BCUT2D eigenvalue weighted by Crippen LogP contribution is -2.33. The van der Waals surface area contributed by atoms with Crippen LogP contribution in [0.25, 0.3) is 0 Å². The zero-order valence-electron chi connectivity index (χ0n) is 10.9. The van der Waals surface area contributed by atoms with E-state index in [1.807, 2.05) is 32.2 Å². The maximum Gasteiger partial charge on any atom is 0.233 e. The molecule has 1 unspecified atom stereocenters. The predicted molar refractivity (Wildman–Crippen MR) is 72.1 cm³/mol. The number of aromatic nitrogens is 1. The minimum atomic E-state index is -0.107. The normalized spacial score (nSPS) is 12.5. The Bertz CT molecular complexity index is 362. The van der Waals surface area contributed by atoms with Crippen LogP contribution in [0.4, 0.5) is 0 Å². The van der Waals surface area contributed by atoms with Crippen LogP contribution in [0, 0.1) is 12.8 Å². The molecule has 0 aliphatic heterocycles. The van der Waals surface area contributed by atoms with Crippen molar-refractivity contribution < 1.29 is 4.79 Å². The molecule has 0 aliphatic carbocycles. The molecule has 1 atom stereocenters. The summed E-state index contributed by atoms with van der Waals surface area (Å²) in [6.45, 7) is 8.80. The standard InChI is InChI=1S/C13H20N2OS/c1-9(2)7-15-13(16)11(4)17-12-6-5-10(3)8-14-12/h5-6,8-9,11H,7H2,1-4H3,(H,15,16). The Morgan fingerprint density at radius 2 is 2.12 bits per heavy atom. The molecule has 94 valence electrons. The highest BCUT2D eigenvalue weighted by Gasteiger charge is 2.14. The number of hydrogen-bond acceptors (Lipinski definition) is 3. The highest BCUT2D eigenvalue weighted by Crippen LogP contribution is 2.20. The lowest BCUT2D eigenvalue weighted by atomic mass is 10.2. The molecule has 1 rings (SSSR count). The van der Waals surface area contributed by atoms with Crippen LogP contribution in [0.2, 0.25) is 0 Å². The van der Waals surface area contributed by atoms with Crippen molar-refractivity contribution in [2.45, 2.75) is 38.0 Å². The molecule has 0 bridgehead atoms. The number of pyridine rings is 1. The van der Waals surface area contributed by atoms with E-state index in [9.17, 15) is 4.79 Å². The number of aryl methyl sites for hydroxylation is 1. The van der Waals surface area contributed by atoms with Gasteiger partial charge in [-0.1, -0.05) is 31.7 Å². The molecular formula is C13H20N2OS. The first-order chi connectivity index (χ1) is 7.99. The summed E-state index contributed by atoms with van der Waals surface area (Å²) in [6.07, 6.45) is 1.82. The lowest BCUT2D eigenvalue weighted by molar-refractivity contribution is -0.120. The quantitative estimate of drug-likeness (QED) is 0.819. The van der Waals surface area contributed by atoms with E-state index in [2.05, 4.69) is 24.1 Å². The molecule has 0 saturated carbocycles. The van der Waals surface area contributed by atoms with Gasteiger partial charge in [-0.15, -0.1) is 0 Å². The number of carbonyl (C=O) groups excluding carboxylic acids is 1. The summed E-state index contributed by atoms with van der Waals surface area (Å²) >= 11 is 1.49. The molecule has 17 heavy (non-hydrogen) atoms. The van der Waals surface area contributed by atoms with Gasteiger partial charge in [0.15, 0.2) is 0 Å². The maximum absolute atomic E-state index is 11.8. The fourth-order valence-electron chi connectivity index (χ4n) is 1.21. The van der Waals surface area contributed by atoms with E-state index in [-0.39, 0.29) is 11.2 Å². The Morgan fingerprint density at radius 1 is 1.41 bits per heavy atom. The maximum atomic E-state index is 11.8. The number of amides is 1. The van der Waals surface area contributed by atoms with Gasteiger partial charge in [0.05, 0.1) is 10.3 Å². The number of nitrogens with one attached hydrogen (secondary N) is 1. The summed E-state index contributed by atoms with van der Waals surface area (Å²) in [5.74, 6) is 0.555. The van der Waals surface area contributed by atoms with Gasteiger partial charge in [0.1, 0.15) is 0 Å². The first-order valence-electron chi connectivity index (χ1n) is 5.86. The predicted octanol–water partition coefficient (Wildman–Crippen LogP) is 2.64. The van der Waals surface area contributed by atoms with E-state index in [1.54, 1.807) is 0 Å². The van der Waals surface area contributed by atoms with Gasteiger partial charge in [-0.2, -0.15) is 0 Å². The first kappa shape index (κ1) is 14.0. The Kier molecular flexibility index (Phi) is 5.48. The average molecular weight is 252 g/mol. The molecule has 3 nitrogen and oxygen atoms in total. The fraction of sp³-hybridized carbons (Fsp3) is 0.538. The Labute approximate surface area is 107 Å². The Hall–Kier alpha value is -1.03. The van der Waals surface area contributed by atoms with Crippen molar-refractivity contribution in [1.29, 1.82) is 0 Å². The second-order valence-corrected chi connectivity index (χ2v) is 5.93. The summed E-state index contributed by atoms with van der Waals surface area (Å²) < 4.78 is 0. The second-order valence-electron chi connectivity index (χ2n) is 4.57. The van der Waals surface area contributed by atoms with Gasteiger partial charge in [-0.05, 0) is 31.4 Å². The Balaban J connectivity index is 2.45. The molecule has 0 radical (unpaired) electrons. The Morgan fingerprint density at radius 3 is 2.65 bits per heavy atom.